The van der Waals surface area contributed by atoms with Crippen molar-refractivity contribution in [1.29, 1.82) is 0 Å². The van der Waals surface area contributed by atoms with Gasteiger partial charge in [-0.3, -0.25) is 0 Å². The van der Waals surface area contributed by atoms with E-state index < -0.39 is 0 Å². The number of benzene rings is 1. The number of hydrogen-bond donors (Lipinski definition) is 0. The summed E-state index contributed by atoms with van der Waals surface area (Å²) < 4.78 is 19.6. The first kappa shape index (κ1) is 14.9. The van der Waals surface area contributed by atoms with Gasteiger partial charge in [0.25, 0.3) is 0 Å². The van der Waals surface area contributed by atoms with Crippen LogP contribution < -0.4 is 4.74 Å². The van der Waals surface area contributed by atoms with Crippen LogP contribution in [0.5, 0.6) is 5.75 Å². The topological polar surface area (TPSA) is 12.5 Å². The summed E-state index contributed by atoms with van der Waals surface area (Å²) in [6, 6.07) is 5.02. The SMILES string of the molecule is Fc1ccc2c(c1)C1(CCN(C[C@H]3CC4CCC=C[C@@H]43)CC1)CO2. The normalized spacial score (nSPS) is 33.6. The number of allylic oxidation sites excluding steroid dienone is 2. The molecule has 5 rings (SSSR count). The number of halogens is 1. The van der Waals surface area contributed by atoms with Gasteiger partial charge in [-0.1, -0.05) is 12.2 Å². The van der Waals surface area contributed by atoms with E-state index in [9.17, 15) is 4.39 Å². The zero-order valence-corrected chi connectivity index (χ0v) is 14.2. The monoisotopic (exact) mass is 327 g/mol. The van der Waals surface area contributed by atoms with Crippen LogP contribution in [0.25, 0.3) is 0 Å². The van der Waals surface area contributed by atoms with Crippen molar-refractivity contribution in [3.63, 3.8) is 0 Å². The number of fused-ring (bicyclic) bond motifs is 3. The standard InChI is InChI=1S/C21H26FNO/c22-17-5-6-20-19(12-17)21(14-24-20)7-9-23(10-8-21)13-16-11-15-3-1-2-4-18(15)16/h2,4-6,12,15-16,18H,1,3,7-11,13-14H2/t15?,16-,18+/m1/s1. The summed E-state index contributed by atoms with van der Waals surface area (Å²) in [5, 5.41) is 0. The largest absolute Gasteiger partial charge is 0.492 e. The van der Waals surface area contributed by atoms with Crippen LogP contribution in [0.15, 0.2) is 30.4 Å². The molecule has 1 saturated heterocycles. The molecule has 1 aromatic rings. The summed E-state index contributed by atoms with van der Waals surface area (Å²) in [6.07, 6.45) is 11.2. The Balaban J connectivity index is 1.24. The average Bonchev–Trinajstić information content (AvgIpc) is 2.92. The summed E-state index contributed by atoms with van der Waals surface area (Å²) >= 11 is 0. The maximum Gasteiger partial charge on any atom is 0.123 e. The molecule has 3 atom stereocenters. The second kappa shape index (κ2) is 5.59. The number of rotatable bonds is 2. The molecule has 0 N–H and O–H groups in total. The quantitative estimate of drug-likeness (QED) is 0.757. The van der Waals surface area contributed by atoms with E-state index in [4.69, 9.17) is 4.74 Å². The van der Waals surface area contributed by atoms with E-state index in [0.29, 0.717) is 0 Å². The molecule has 1 aromatic carbocycles. The summed E-state index contributed by atoms with van der Waals surface area (Å²) in [7, 11) is 0. The molecule has 2 fully saturated rings. The minimum Gasteiger partial charge on any atom is -0.492 e. The lowest BCUT2D eigenvalue weighted by Gasteiger charge is -2.48. The minimum atomic E-state index is -0.134. The van der Waals surface area contributed by atoms with Gasteiger partial charge in [-0.2, -0.15) is 0 Å². The molecule has 0 amide bonds. The van der Waals surface area contributed by atoms with Crippen LogP contribution >= 0.6 is 0 Å². The molecule has 2 aliphatic carbocycles. The number of piperidine rings is 1. The first-order valence-electron chi connectivity index (χ1n) is 9.55. The van der Waals surface area contributed by atoms with E-state index in [1.807, 2.05) is 0 Å². The predicted molar refractivity (Wildman–Crippen MR) is 92.7 cm³/mol. The second-order valence-electron chi connectivity index (χ2n) is 8.35. The van der Waals surface area contributed by atoms with E-state index in [-0.39, 0.29) is 11.2 Å². The highest BCUT2D eigenvalue weighted by atomic mass is 19.1. The van der Waals surface area contributed by atoms with Crippen LogP contribution in [0.3, 0.4) is 0 Å². The molecule has 0 radical (unpaired) electrons. The average molecular weight is 327 g/mol. The van der Waals surface area contributed by atoms with Gasteiger partial charge in [-0.15, -0.1) is 0 Å². The Morgan fingerprint density at radius 2 is 2.12 bits per heavy atom. The molecular weight excluding hydrogens is 301 g/mol. The van der Waals surface area contributed by atoms with Gasteiger partial charge in [-0.05, 0) is 81.1 Å². The molecule has 24 heavy (non-hydrogen) atoms. The van der Waals surface area contributed by atoms with Gasteiger partial charge in [0.1, 0.15) is 11.6 Å². The van der Waals surface area contributed by atoms with Gasteiger partial charge in [0.15, 0.2) is 0 Å². The second-order valence-corrected chi connectivity index (χ2v) is 8.35. The number of hydrogen-bond acceptors (Lipinski definition) is 2. The lowest BCUT2D eigenvalue weighted by molar-refractivity contribution is 0.0400. The molecule has 1 saturated carbocycles. The number of nitrogens with zero attached hydrogens (tertiary/aromatic N) is 1. The van der Waals surface area contributed by atoms with Crippen molar-refractivity contribution in [1.82, 2.24) is 4.90 Å². The van der Waals surface area contributed by atoms with Crippen molar-refractivity contribution in [3.05, 3.63) is 41.7 Å². The maximum absolute atomic E-state index is 13.7. The fourth-order valence-corrected chi connectivity index (χ4v) is 5.52. The van der Waals surface area contributed by atoms with E-state index in [0.717, 1.165) is 61.6 Å². The molecule has 1 spiro atoms. The van der Waals surface area contributed by atoms with Crippen LogP contribution in [0.2, 0.25) is 0 Å². The third kappa shape index (κ3) is 2.32. The third-order valence-electron chi connectivity index (χ3n) is 7.08. The van der Waals surface area contributed by atoms with Crippen LogP contribution in [0.1, 0.15) is 37.7 Å². The Kier molecular flexibility index (Phi) is 3.48. The van der Waals surface area contributed by atoms with E-state index >= 15 is 0 Å². The first-order valence-corrected chi connectivity index (χ1v) is 9.55. The lowest BCUT2D eigenvalue weighted by atomic mass is 9.61. The summed E-state index contributed by atoms with van der Waals surface area (Å²) in [4.78, 5) is 2.64. The zero-order valence-electron chi connectivity index (χ0n) is 14.2. The fraction of sp³-hybridized carbons (Fsp3) is 0.619. The van der Waals surface area contributed by atoms with Crippen molar-refractivity contribution in [2.24, 2.45) is 17.8 Å². The van der Waals surface area contributed by atoms with Gasteiger partial charge >= 0.3 is 0 Å². The maximum atomic E-state index is 13.7. The highest BCUT2D eigenvalue weighted by Gasteiger charge is 2.45. The molecule has 128 valence electrons. The summed E-state index contributed by atoms with van der Waals surface area (Å²) in [5.74, 6) is 3.45. The van der Waals surface area contributed by atoms with Gasteiger partial charge in [0.05, 0.1) is 6.61 Å². The van der Waals surface area contributed by atoms with Crippen LogP contribution in [0.4, 0.5) is 4.39 Å². The Bertz CT molecular complexity index is 662. The molecule has 2 aliphatic heterocycles. The predicted octanol–water partition coefficient (Wildman–Crippen LogP) is 4.15. The van der Waals surface area contributed by atoms with Crippen molar-refractivity contribution in [2.45, 2.75) is 37.5 Å². The molecule has 1 unspecified atom stereocenters. The summed E-state index contributed by atoms with van der Waals surface area (Å²) in [5.41, 5.74) is 1.17. The highest BCUT2D eigenvalue weighted by Crippen LogP contribution is 2.49. The molecule has 2 nitrogen and oxygen atoms in total. The molecule has 0 bridgehead atoms. The Hall–Kier alpha value is -1.35. The van der Waals surface area contributed by atoms with Gasteiger partial charge in [0, 0.05) is 17.5 Å². The summed E-state index contributed by atoms with van der Waals surface area (Å²) in [6.45, 7) is 4.22. The van der Waals surface area contributed by atoms with Crippen molar-refractivity contribution in [2.75, 3.05) is 26.2 Å². The molecule has 4 aliphatic rings. The smallest absolute Gasteiger partial charge is 0.123 e. The van der Waals surface area contributed by atoms with E-state index in [1.54, 1.807) is 12.1 Å². The lowest BCUT2D eigenvalue weighted by Crippen LogP contribution is -2.49. The van der Waals surface area contributed by atoms with Crippen LogP contribution in [-0.2, 0) is 5.41 Å². The van der Waals surface area contributed by atoms with Gasteiger partial charge < -0.3 is 9.64 Å². The van der Waals surface area contributed by atoms with Gasteiger partial charge in [-0.25, -0.2) is 4.39 Å². The van der Waals surface area contributed by atoms with Crippen molar-refractivity contribution < 1.29 is 9.13 Å². The molecule has 3 heteroatoms. The Morgan fingerprint density at radius 1 is 1.25 bits per heavy atom. The van der Waals surface area contributed by atoms with Crippen LogP contribution in [-0.4, -0.2) is 31.1 Å². The molecule has 0 aromatic heterocycles. The van der Waals surface area contributed by atoms with Crippen molar-refractivity contribution >= 4 is 0 Å². The molecule has 2 heterocycles. The number of likely N-dealkylation sites (tertiary alicyclic amines) is 1. The highest BCUT2D eigenvalue weighted by molar-refractivity contribution is 5.44. The van der Waals surface area contributed by atoms with E-state index in [1.165, 1.54) is 31.9 Å². The first-order chi connectivity index (χ1) is 11.7. The Labute approximate surface area is 143 Å². The van der Waals surface area contributed by atoms with Gasteiger partial charge in [0.2, 0.25) is 0 Å². The van der Waals surface area contributed by atoms with E-state index in [2.05, 4.69) is 17.1 Å². The zero-order chi connectivity index (χ0) is 16.1. The Morgan fingerprint density at radius 3 is 2.96 bits per heavy atom. The molecular formula is C21H26FNO. The fourth-order valence-electron chi connectivity index (χ4n) is 5.52. The number of ether oxygens (including phenoxy) is 1. The third-order valence-corrected chi connectivity index (χ3v) is 7.08. The minimum absolute atomic E-state index is 0.0564. The van der Waals surface area contributed by atoms with Crippen molar-refractivity contribution in [3.8, 4) is 5.75 Å². The van der Waals surface area contributed by atoms with Crippen LogP contribution in [0, 0.1) is 23.6 Å².